The second-order valence-corrected chi connectivity index (χ2v) is 8.51. The van der Waals surface area contributed by atoms with Crippen LogP contribution in [-0.4, -0.2) is 29.2 Å². The van der Waals surface area contributed by atoms with Crippen LogP contribution in [0.5, 0.6) is 0 Å². The second kappa shape index (κ2) is 6.81. The summed E-state index contributed by atoms with van der Waals surface area (Å²) in [4.78, 5) is 20.8. The lowest BCUT2D eigenvalue weighted by Crippen LogP contribution is -2.20. The van der Waals surface area contributed by atoms with E-state index < -0.39 is 9.84 Å². The smallest absolute Gasteiger partial charge is 0.259 e. The maximum Gasteiger partial charge on any atom is 0.259 e. The predicted octanol–water partition coefficient (Wildman–Crippen LogP) is 3.00. The molecule has 0 amide bonds. The molecule has 26 heavy (non-hydrogen) atoms. The molecule has 0 radical (unpaired) electrons. The van der Waals surface area contributed by atoms with Crippen LogP contribution >= 0.6 is 11.6 Å². The Morgan fingerprint density at radius 1 is 1.19 bits per heavy atom. The lowest BCUT2D eigenvalue weighted by atomic mass is 10.0. The predicted molar refractivity (Wildman–Crippen MR) is 102 cm³/mol. The highest BCUT2D eigenvalue weighted by atomic mass is 35.5. The maximum absolute atomic E-state index is 12.9. The number of halogens is 1. The van der Waals surface area contributed by atoms with Crippen molar-refractivity contribution in [1.82, 2.24) is 14.5 Å². The molecule has 6 nitrogen and oxygen atoms in total. The Hall–Kier alpha value is -2.25. The molecular formula is C18H18ClN3O3S. The Labute approximate surface area is 156 Å². The molecule has 0 bridgehead atoms. The van der Waals surface area contributed by atoms with Gasteiger partial charge in [0.2, 0.25) is 15.0 Å². The molecule has 0 saturated heterocycles. The van der Waals surface area contributed by atoms with Crippen LogP contribution in [0.3, 0.4) is 0 Å². The molecule has 0 fully saturated rings. The van der Waals surface area contributed by atoms with Gasteiger partial charge < -0.3 is 0 Å². The van der Waals surface area contributed by atoms with Gasteiger partial charge in [0.05, 0.1) is 0 Å². The Bertz CT molecular complexity index is 1170. The Morgan fingerprint density at radius 2 is 1.92 bits per heavy atom. The summed E-state index contributed by atoms with van der Waals surface area (Å²) in [5, 5.41) is 0.733. The standard InChI is InChI=1S/C18H18ClN3O3S/c1-4-5-11-6-7-15(19)13(8-11)14-9-12-10-20-18(26(3,24)25)21-16(12)22(2)17(14)23/h6-10H,4-5H2,1-3H3. The van der Waals surface area contributed by atoms with Crippen molar-refractivity contribution in [2.75, 3.05) is 6.26 Å². The molecule has 0 spiro atoms. The van der Waals surface area contributed by atoms with Gasteiger partial charge in [-0.1, -0.05) is 31.0 Å². The van der Waals surface area contributed by atoms with Gasteiger partial charge in [0.1, 0.15) is 5.65 Å². The zero-order valence-corrected chi connectivity index (χ0v) is 16.2. The van der Waals surface area contributed by atoms with Gasteiger partial charge in [-0.25, -0.2) is 13.4 Å². The van der Waals surface area contributed by atoms with E-state index in [4.69, 9.17) is 11.6 Å². The van der Waals surface area contributed by atoms with Crippen LogP contribution < -0.4 is 5.56 Å². The van der Waals surface area contributed by atoms with Gasteiger partial charge in [-0.2, -0.15) is 4.98 Å². The molecule has 0 aliphatic rings. The van der Waals surface area contributed by atoms with Crippen LogP contribution in [0.1, 0.15) is 18.9 Å². The third-order valence-corrected chi connectivity index (χ3v) is 5.31. The zero-order valence-electron chi connectivity index (χ0n) is 14.7. The summed E-state index contributed by atoms with van der Waals surface area (Å²) < 4.78 is 24.7. The fourth-order valence-corrected chi connectivity index (χ4v) is 3.54. The molecule has 0 atom stereocenters. The fraction of sp³-hybridized carbons (Fsp3) is 0.278. The van der Waals surface area contributed by atoms with E-state index in [1.165, 1.54) is 10.8 Å². The molecule has 0 unspecified atom stereocenters. The Balaban J connectivity index is 2.28. The molecule has 3 rings (SSSR count). The molecule has 3 aromatic rings. The van der Waals surface area contributed by atoms with E-state index in [1.54, 1.807) is 19.2 Å². The highest BCUT2D eigenvalue weighted by molar-refractivity contribution is 7.90. The minimum atomic E-state index is -3.56. The SMILES string of the molecule is CCCc1ccc(Cl)c(-c2cc3cnc(S(C)(=O)=O)nc3n(C)c2=O)c1. The first kappa shape index (κ1) is 18.5. The van der Waals surface area contributed by atoms with Crippen molar-refractivity contribution in [2.45, 2.75) is 24.9 Å². The van der Waals surface area contributed by atoms with E-state index >= 15 is 0 Å². The first-order valence-electron chi connectivity index (χ1n) is 8.08. The molecule has 0 aliphatic carbocycles. The summed E-state index contributed by atoms with van der Waals surface area (Å²) in [6.07, 6.45) is 4.31. The number of aromatic nitrogens is 3. The number of sulfone groups is 1. The van der Waals surface area contributed by atoms with Gasteiger partial charge in [-0.05, 0) is 30.2 Å². The van der Waals surface area contributed by atoms with E-state index in [9.17, 15) is 13.2 Å². The van der Waals surface area contributed by atoms with Crippen molar-refractivity contribution in [2.24, 2.45) is 7.05 Å². The van der Waals surface area contributed by atoms with Crippen LogP contribution in [0.4, 0.5) is 0 Å². The van der Waals surface area contributed by atoms with Gasteiger partial charge in [0, 0.05) is 41.0 Å². The average molecular weight is 392 g/mol. The van der Waals surface area contributed by atoms with E-state index in [0.29, 0.717) is 21.5 Å². The summed E-state index contributed by atoms with van der Waals surface area (Å²) in [5.74, 6) is 0. The minimum absolute atomic E-state index is 0.259. The largest absolute Gasteiger partial charge is 0.295 e. The topological polar surface area (TPSA) is 81.9 Å². The van der Waals surface area contributed by atoms with Crippen LogP contribution in [0, 0.1) is 0 Å². The quantitative estimate of drug-likeness (QED) is 0.638. The molecule has 8 heteroatoms. The summed E-state index contributed by atoms with van der Waals surface area (Å²) in [5.41, 5.74) is 2.13. The van der Waals surface area contributed by atoms with Crippen LogP contribution in [0.15, 0.2) is 40.4 Å². The van der Waals surface area contributed by atoms with Crippen molar-refractivity contribution >= 4 is 32.5 Å². The molecule has 2 heterocycles. The van der Waals surface area contributed by atoms with Crippen LogP contribution in [-0.2, 0) is 23.3 Å². The van der Waals surface area contributed by atoms with Crippen LogP contribution in [0.2, 0.25) is 5.02 Å². The van der Waals surface area contributed by atoms with Gasteiger partial charge in [0.15, 0.2) is 0 Å². The van der Waals surface area contributed by atoms with E-state index in [1.807, 2.05) is 12.1 Å². The van der Waals surface area contributed by atoms with Gasteiger partial charge >= 0.3 is 0 Å². The van der Waals surface area contributed by atoms with E-state index in [-0.39, 0.29) is 16.4 Å². The molecule has 1 aromatic carbocycles. The highest BCUT2D eigenvalue weighted by Crippen LogP contribution is 2.29. The van der Waals surface area contributed by atoms with Crippen molar-refractivity contribution in [3.63, 3.8) is 0 Å². The van der Waals surface area contributed by atoms with Crippen molar-refractivity contribution in [1.29, 1.82) is 0 Å². The Morgan fingerprint density at radius 3 is 2.58 bits per heavy atom. The van der Waals surface area contributed by atoms with Gasteiger partial charge in [-0.3, -0.25) is 9.36 Å². The van der Waals surface area contributed by atoms with E-state index in [2.05, 4.69) is 16.9 Å². The van der Waals surface area contributed by atoms with Crippen molar-refractivity contribution in [3.05, 3.63) is 51.4 Å². The maximum atomic E-state index is 12.9. The number of fused-ring (bicyclic) bond motifs is 1. The number of nitrogens with zero attached hydrogens (tertiary/aromatic N) is 3. The monoisotopic (exact) mass is 391 g/mol. The molecular weight excluding hydrogens is 374 g/mol. The number of hydrogen-bond acceptors (Lipinski definition) is 5. The summed E-state index contributed by atoms with van der Waals surface area (Å²) in [6.45, 7) is 2.08. The van der Waals surface area contributed by atoms with E-state index in [0.717, 1.165) is 24.7 Å². The summed E-state index contributed by atoms with van der Waals surface area (Å²) >= 11 is 6.33. The lowest BCUT2D eigenvalue weighted by molar-refractivity contribution is 0.593. The molecule has 136 valence electrons. The number of hydrogen-bond donors (Lipinski definition) is 0. The summed E-state index contributed by atoms with van der Waals surface area (Å²) in [7, 11) is -2.01. The second-order valence-electron chi connectivity index (χ2n) is 6.19. The highest BCUT2D eigenvalue weighted by Gasteiger charge is 2.17. The third kappa shape index (κ3) is 3.37. The normalized spacial score (nSPS) is 11.8. The number of rotatable bonds is 4. The number of pyridine rings is 1. The first-order valence-corrected chi connectivity index (χ1v) is 10.3. The Kier molecular flexibility index (Phi) is 4.86. The molecule has 0 saturated carbocycles. The number of aryl methyl sites for hydroxylation is 2. The summed E-state index contributed by atoms with van der Waals surface area (Å²) in [6, 6.07) is 7.30. The van der Waals surface area contributed by atoms with Crippen molar-refractivity contribution in [3.8, 4) is 11.1 Å². The average Bonchev–Trinajstić information content (AvgIpc) is 2.59. The zero-order chi connectivity index (χ0) is 19.1. The van der Waals surface area contributed by atoms with Gasteiger partial charge in [-0.15, -0.1) is 0 Å². The first-order chi connectivity index (χ1) is 12.2. The van der Waals surface area contributed by atoms with Crippen molar-refractivity contribution < 1.29 is 8.42 Å². The number of benzene rings is 1. The lowest BCUT2D eigenvalue weighted by Gasteiger charge is -2.11. The molecule has 0 N–H and O–H groups in total. The molecule has 2 aromatic heterocycles. The van der Waals surface area contributed by atoms with Crippen LogP contribution in [0.25, 0.3) is 22.2 Å². The fourth-order valence-electron chi connectivity index (χ4n) is 2.83. The molecule has 0 aliphatic heterocycles. The van der Waals surface area contributed by atoms with Gasteiger partial charge in [0.25, 0.3) is 5.56 Å². The minimum Gasteiger partial charge on any atom is -0.295 e. The third-order valence-electron chi connectivity index (χ3n) is 4.12.